The van der Waals surface area contributed by atoms with Gasteiger partial charge in [0.05, 0.1) is 22.2 Å². The van der Waals surface area contributed by atoms with E-state index >= 15 is 0 Å². The number of halogens is 1. The monoisotopic (exact) mass is 499 g/mol. The molecule has 0 fully saturated rings. The minimum absolute atomic E-state index is 0.362. The summed E-state index contributed by atoms with van der Waals surface area (Å²) in [4.78, 5) is 17.4. The predicted molar refractivity (Wildman–Crippen MR) is 137 cm³/mol. The van der Waals surface area contributed by atoms with Gasteiger partial charge in [0.25, 0.3) is 0 Å². The normalized spacial score (nSPS) is 11.5. The molecule has 0 radical (unpaired) electrons. The Morgan fingerprint density at radius 3 is 2.52 bits per heavy atom. The van der Waals surface area contributed by atoms with E-state index in [2.05, 4.69) is 23.3 Å². The number of nitrogens with one attached hydrogen (secondary N) is 1. The SMILES string of the molecule is Cc1ccc2nc(-c3ccc(NC(=O)CN(c4cccc(Cl)c4C)S(C)(=O)=O)cc3)sc2c1. The maximum atomic E-state index is 12.7. The number of carbonyl (C=O) groups excluding carboxylic acids is 1. The number of aryl methyl sites for hydroxylation is 1. The first-order valence-electron chi connectivity index (χ1n) is 10.1. The van der Waals surface area contributed by atoms with Crippen LogP contribution in [0, 0.1) is 13.8 Å². The Labute approximate surface area is 201 Å². The van der Waals surface area contributed by atoms with Crippen molar-refractivity contribution in [3.63, 3.8) is 0 Å². The van der Waals surface area contributed by atoms with Crippen LogP contribution in [-0.4, -0.2) is 32.1 Å². The Kier molecular flexibility index (Phi) is 6.43. The fourth-order valence-electron chi connectivity index (χ4n) is 3.43. The van der Waals surface area contributed by atoms with Gasteiger partial charge in [-0.3, -0.25) is 9.10 Å². The van der Waals surface area contributed by atoms with Crippen molar-refractivity contribution >= 4 is 60.5 Å². The van der Waals surface area contributed by atoms with Crippen molar-refractivity contribution in [2.75, 3.05) is 22.4 Å². The van der Waals surface area contributed by atoms with Gasteiger partial charge in [-0.25, -0.2) is 13.4 Å². The summed E-state index contributed by atoms with van der Waals surface area (Å²) < 4.78 is 26.9. The molecule has 4 aromatic rings. The van der Waals surface area contributed by atoms with Crippen LogP contribution in [0.3, 0.4) is 0 Å². The zero-order valence-corrected chi connectivity index (χ0v) is 20.7. The van der Waals surface area contributed by atoms with Crippen LogP contribution >= 0.6 is 22.9 Å². The van der Waals surface area contributed by atoms with E-state index in [1.165, 1.54) is 5.56 Å². The van der Waals surface area contributed by atoms with E-state index in [-0.39, 0.29) is 6.54 Å². The number of aromatic nitrogens is 1. The summed E-state index contributed by atoms with van der Waals surface area (Å²) >= 11 is 7.76. The Balaban J connectivity index is 1.51. The van der Waals surface area contributed by atoms with Crippen LogP contribution in [-0.2, 0) is 14.8 Å². The summed E-state index contributed by atoms with van der Waals surface area (Å²) in [6.45, 7) is 3.41. The highest BCUT2D eigenvalue weighted by molar-refractivity contribution is 7.92. The van der Waals surface area contributed by atoms with Gasteiger partial charge in [0.15, 0.2) is 0 Å². The summed E-state index contributed by atoms with van der Waals surface area (Å²) in [5, 5.41) is 4.10. The molecule has 0 saturated heterocycles. The van der Waals surface area contributed by atoms with Crippen LogP contribution < -0.4 is 9.62 Å². The van der Waals surface area contributed by atoms with Crippen molar-refractivity contribution in [1.82, 2.24) is 4.98 Å². The van der Waals surface area contributed by atoms with E-state index in [0.29, 0.717) is 22.0 Å². The van der Waals surface area contributed by atoms with Crippen molar-refractivity contribution in [3.05, 3.63) is 76.8 Å². The molecule has 1 amide bonds. The maximum absolute atomic E-state index is 12.7. The molecule has 0 aliphatic carbocycles. The lowest BCUT2D eigenvalue weighted by molar-refractivity contribution is -0.114. The Morgan fingerprint density at radius 1 is 1.09 bits per heavy atom. The molecule has 9 heteroatoms. The molecule has 1 aromatic heterocycles. The molecule has 0 saturated carbocycles. The average molecular weight is 500 g/mol. The lowest BCUT2D eigenvalue weighted by Gasteiger charge is -2.24. The number of rotatable bonds is 6. The second-order valence-corrected chi connectivity index (χ2v) is 11.1. The fraction of sp³-hybridized carbons (Fsp3) is 0.167. The minimum Gasteiger partial charge on any atom is -0.325 e. The first-order chi connectivity index (χ1) is 15.6. The molecule has 1 heterocycles. The summed E-state index contributed by atoms with van der Waals surface area (Å²) in [5.41, 5.74) is 4.62. The van der Waals surface area contributed by atoms with Crippen LogP contribution in [0.2, 0.25) is 5.02 Å². The van der Waals surface area contributed by atoms with E-state index in [4.69, 9.17) is 11.6 Å². The summed E-state index contributed by atoms with van der Waals surface area (Å²) in [6, 6.07) is 18.4. The quantitative estimate of drug-likeness (QED) is 0.372. The van der Waals surface area contributed by atoms with Crippen molar-refractivity contribution in [1.29, 1.82) is 0 Å². The molecule has 0 atom stereocenters. The molecule has 0 aliphatic rings. The summed E-state index contributed by atoms with van der Waals surface area (Å²) in [5.74, 6) is -0.456. The molecular weight excluding hydrogens is 478 g/mol. The standard InChI is InChI=1S/C24H22ClN3O3S2/c1-15-7-12-20-22(13-15)32-24(27-20)17-8-10-18(11-9-17)26-23(29)14-28(33(3,30)31)21-6-4-5-19(25)16(21)2/h4-13H,14H2,1-3H3,(H,26,29). The largest absolute Gasteiger partial charge is 0.325 e. The molecule has 4 rings (SSSR count). The van der Waals surface area contributed by atoms with Gasteiger partial charge in [0.1, 0.15) is 11.6 Å². The number of fused-ring (bicyclic) bond motifs is 1. The zero-order valence-electron chi connectivity index (χ0n) is 18.3. The smallest absolute Gasteiger partial charge is 0.245 e. The molecule has 170 valence electrons. The van der Waals surface area contributed by atoms with Gasteiger partial charge in [-0.15, -0.1) is 11.3 Å². The number of anilines is 2. The summed E-state index contributed by atoms with van der Waals surface area (Å²) in [6.07, 6.45) is 1.06. The van der Waals surface area contributed by atoms with E-state index in [1.807, 2.05) is 24.3 Å². The third kappa shape index (κ3) is 5.19. The highest BCUT2D eigenvalue weighted by atomic mass is 35.5. The lowest BCUT2D eigenvalue weighted by atomic mass is 10.2. The van der Waals surface area contributed by atoms with Crippen LogP contribution in [0.1, 0.15) is 11.1 Å². The molecule has 0 unspecified atom stereocenters. The highest BCUT2D eigenvalue weighted by Gasteiger charge is 2.23. The van der Waals surface area contributed by atoms with Gasteiger partial charge in [-0.2, -0.15) is 0 Å². The molecule has 33 heavy (non-hydrogen) atoms. The third-order valence-corrected chi connectivity index (χ3v) is 7.76. The number of carbonyl (C=O) groups is 1. The molecular formula is C24H22ClN3O3S2. The van der Waals surface area contributed by atoms with Crippen LogP contribution in [0.15, 0.2) is 60.7 Å². The van der Waals surface area contributed by atoms with E-state index in [9.17, 15) is 13.2 Å². The van der Waals surface area contributed by atoms with Gasteiger partial charge in [-0.05, 0) is 73.5 Å². The number of hydrogen-bond acceptors (Lipinski definition) is 5. The van der Waals surface area contributed by atoms with Crippen LogP contribution in [0.25, 0.3) is 20.8 Å². The van der Waals surface area contributed by atoms with E-state index < -0.39 is 15.9 Å². The van der Waals surface area contributed by atoms with E-state index in [0.717, 1.165) is 31.3 Å². The van der Waals surface area contributed by atoms with Gasteiger partial charge >= 0.3 is 0 Å². The molecule has 6 nitrogen and oxygen atoms in total. The third-order valence-electron chi connectivity index (χ3n) is 5.15. The van der Waals surface area contributed by atoms with Gasteiger partial charge in [0, 0.05) is 16.3 Å². The predicted octanol–water partition coefficient (Wildman–Crippen LogP) is 5.64. The Bertz CT molecular complexity index is 1450. The number of hydrogen-bond donors (Lipinski definition) is 1. The molecule has 3 aromatic carbocycles. The topological polar surface area (TPSA) is 79.4 Å². The molecule has 0 spiro atoms. The van der Waals surface area contributed by atoms with Gasteiger partial charge in [-0.1, -0.05) is 23.7 Å². The Hall–Kier alpha value is -2.94. The number of amides is 1. The van der Waals surface area contributed by atoms with Crippen molar-refractivity contribution in [3.8, 4) is 10.6 Å². The average Bonchev–Trinajstić information content (AvgIpc) is 3.17. The maximum Gasteiger partial charge on any atom is 0.245 e. The first-order valence-corrected chi connectivity index (χ1v) is 13.2. The number of nitrogens with zero attached hydrogens (tertiary/aromatic N) is 2. The molecule has 0 aliphatic heterocycles. The second kappa shape index (κ2) is 9.13. The van der Waals surface area contributed by atoms with Gasteiger partial charge in [0.2, 0.25) is 15.9 Å². The number of benzene rings is 3. The van der Waals surface area contributed by atoms with Crippen molar-refractivity contribution < 1.29 is 13.2 Å². The number of thiazole rings is 1. The lowest BCUT2D eigenvalue weighted by Crippen LogP contribution is -2.37. The number of sulfonamides is 1. The first kappa shape index (κ1) is 23.2. The highest BCUT2D eigenvalue weighted by Crippen LogP contribution is 2.31. The van der Waals surface area contributed by atoms with Crippen LogP contribution in [0.5, 0.6) is 0 Å². The van der Waals surface area contributed by atoms with E-state index in [1.54, 1.807) is 48.6 Å². The summed E-state index contributed by atoms with van der Waals surface area (Å²) in [7, 11) is -3.70. The fourth-order valence-corrected chi connectivity index (χ4v) is 5.58. The minimum atomic E-state index is -3.70. The van der Waals surface area contributed by atoms with Crippen molar-refractivity contribution in [2.45, 2.75) is 13.8 Å². The Morgan fingerprint density at radius 2 is 1.82 bits per heavy atom. The molecule has 1 N–H and O–H groups in total. The molecule has 0 bridgehead atoms. The van der Waals surface area contributed by atoms with Gasteiger partial charge < -0.3 is 5.32 Å². The second-order valence-electron chi connectivity index (χ2n) is 7.77. The van der Waals surface area contributed by atoms with Crippen molar-refractivity contribution in [2.24, 2.45) is 0 Å². The van der Waals surface area contributed by atoms with Crippen LogP contribution in [0.4, 0.5) is 11.4 Å². The zero-order chi connectivity index (χ0) is 23.8.